The topological polar surface area (TPSA) is 59.2 Å². The van der Waals surface area contributed by atoms with E-state index >= 15 is 0 Å². The zero-order valence-corrected chi connectivity index (χ0v) is 8.82. The minimum Gasteiger partial charge on any atom is -0.460 e. The van der Waals surface area contributed by atoms with Gasteiger partial charge in [-0.2, -0.15) is 0 Å². The number of nitrogens with one attached hydrogen (secondary N) is 1. The highest BCUT2D eigenvalue weighted by Crippen LogP contribution is 2.18. The van der Waals surface area contributed by atoms with E-state index in [4.69, 9.17) is 0 Å². The van der Waals surface area contributed by atoms with Gasteiger partial charge < -0.3 is 9.72 Å². The maximum absolute atomic E-state index is 11.7. The summed E-state index contributed by atoms with van der Waals surface area (Å²) in [5.74, 6) is -1.42. The lowest BCUT2D eigenvalue weighted by molar-refractivity contribution is -0.137. The molecule has 1 aromatic carbocycles. The van der Waals surface area contributed by atoms with Crippen molar-refractivity contribution in [2.24, 2.45) is 0 Å². The summed E-state index contributed by atoms with van der Waals surface area (Å²) in [6.45, 7) is 1.87. The van der Waals surface area contributed by atoms with Gasteiger partial charge in [-0.15, -0.1) is 0 Å². The molecule has 0 amide bonds. The maximum Gasteiger partial charge on any atom is 0.379 e. The molecule has 0 aliphatic carbocycles. The van der Waals surface area contributed by atoms with Crippen molar-refractivity contribution in [2.45, 2.75) is 6.92 Å². The molecule has 1 heterocycles. The molecule has 16 heavy (non-hydrogen) atoms. The molecule has 0 unspecified atom stereocenters. The van der Waals surface area contributed by atoms with Crippen molar-refractivity contribution < 1.29 is 14.3 Å². The van der Waals surface area contributed by atoms with E-state index in [9.17, 15) is 9.59 Å². The molecule has 0 atom stereocenters. The molecule has 4 nitrogen and oxygen atoms in total. The fraction of sp³-hybridized carbons (Fsp3) is 0.167. The van der Waals surface area contributed by atoms with Crippen LogP contribution in [-0.4, -0.2) is 23.3 Å². The Labute approximate surface area is 92.2 Å². The molecule has 0 aliphatic heterocycles. The monoisotopic (exact) mass is 217 g/mol. The van der Waals surface area contributed by atoms with E-state index in [0.717, 1.165) is 10.9 Å². The lowest BCUT2D eigenvalue weighted by Crippen LogP contribution is -2.17. The van der Waals surface area contributed by atoms with Crippen LogP contribution in [0.25, 0.3) is 10.9 Å². The van der Waals surface area contributed by atoms with Crippen LogP contribution in [-0.2, 0) is 9.53 Å². The van der Waals surface area contributed by atoms with Gasteiger partial charge in [0, 0.05) is 17.1 Å². The highest BCUT2D eigenvalue weighted by molar-refractivity contribution is 6.42. The number of aromatic nitrogens is 1. The van der Waals surface area contributed by atoms with Crippen LogP contribution in [0.5, 0.6) is 0 Å². The summed E-state index contributed by atoms with van der Waals surface area (Å²) in [5.41, 5.74) is 1.18. The fourth-order valence-corrected chi connectivity index (χ4v) is 1.57. The Morgan fingerprint density at radius 3 is 2.81 bits per heavy atom. The van der Waals surface area contributed by atoms with Gasteiger partial charge in [0.25, 0.3) is 5.78 Å². The largest absolute Gasteiger partial charge is 0.460 e. The van der Waals surface area contributed by atoms with Crippen LogP contribution in [0.15, 0.2) is 30.5 Å². The predicted molar refractivity (Wildman–Crippen MR) is 59.3 cm³/mol. The molecule has 0 aliphatic rings. The number of ether oxygens (including phenoxy) is 1. The zero-order chi connectivity index (χ0) is 11.5. The average molecular weight is 217 g/mol. The molecular formula is C12H11NO3. The van der Waals surface area contributed by atoms with Gasteiger partial charge in [-0.05, 0) is 13.0 Å². The van der Waals surface area contributed by atoms with E-state index in [-0.39, 0.29) is 6.61 Å². The third-order valence-electron chi connectivity index (χ3n) is 2.29. The molecule has 82 valence electrons. The SMILES string of the molecule is CCOC(=O)C(=O)c1c[nH]c2ccccc12. The second-order valence-electron chi connectivity index (χ2n) is 3.30. The van der Waals surface area contributed by atoms with Gasteiger partial charge in [0.1, 0.15) is 0 Å². The lowest BCUT2D eigenvalue weighted by Gasteiger charge is -1.99. The average Bonchev–Trinajstić information content (AvgIpc) is 2.72. The number of ketones is 1. The molecule has 4 heteroatoms. The quantitative estimate of drug-likeness (QED) is 0.485. The number of rotatable bonds is 3. The van der Waals surface area contributed by atoms with E-state index in [2.05, 4.69) is 9.72 Å². The molecule has 0 spiro atoms. The number of aromatic amines is 1. The summed E-state index contributed by atoms with van der Waals surface area (Å²) in [7, 11) is 0. The Bertz CT molecular complexity index is 542. The first-order valence-electron chi connectivity index (χ1n) is 5.01. The molecular weight excluding hydrogens is 206 g/mol. The summed E-state index contributed by atoms with van der Waals surface area (Å²) < 4.78 is 4.67. The molecule has 2 rings (SSSR count). The second-order valence-corrected chi connectivity index (χ2v) is 3.30. The minimum absolute atomic E-state index is 0.201. The third kappa shape index (κ3) is 1.69. The van der Waals surface area contributed by atoms with Crippen molar-refractivity contribution in [1.82, 2.24) is 4.98 Å². The van der Waals surface area contributed by atoms with Gasteiger partial charge in [-0.1, -0.05) is 18.2 Å². The van der Waals surface area contributed by atoms with Crippen molar-refractivity contribution in [3.05, 3.63) is 36.0 Å². The molecule has 0 bridgehead atoms. The van der Waals surface area contributed by atoms with Crippen molar-refractivity contribution in [2.75, 3.05) is 6.61 Å². The van der Waals surface area contributed by atoms with E-state index in [1.165, 1.54) is 6.20 Å². The summed E-state index contributed by atoms with van der Waals surface area (Å²) in [6.07, 6.45) is 1.53. The standard InChI is InChI=1S/C12H11NO3/c1-2-16-12(15)11(14)9-7-13-10-6-4-3-5-8(9)10/h3-7,13H,2H2,1H3. The summed E-state index contributed by atoms with van der Waals surface area (Å²) >= 11 is 0. The Kier molecular flexibility index (Phi) is 2.72. The van der Waals surface area contributed by atoms with Crippen LogP contribution in [0.3, 0.4) is 0 Å². The van der Waals surface area contributed by atoms with Crippen LogP contribution in [0, 0.1) is 0 Å². The Hall–Kier alpha value is -2.10. The number of carbonyl (C=O) groups is 2. The van der Waals surface area contributed by atoms with Gasteiger partial charge in [0.05, 0.1) is 12.2 Å². The molecule has 0 saturated heterocycles. The Morgan fingerprint density at radius 2 is 2.06 bits per heavy atom. The van der Waals surface area contributed by atoms with E-state index in [1.54, 1.807) is 13.0 Å². The van der Waals surface area contributed by atoms with Gasteiger partial charge in [0.2, 0.25) is 0 Å². The van der Waals surface area contributed by atoms with E-state index in [1.807, 2.05) is 18.2 Å². The second kappa shape index (κ2) is 4.18. The molecule has 2 aromatic rings. The smallest absolute Gasteiger partial charge is 0.379 e. The van der Waals surface area contributed by atoms with Crippen LogP contribution < -0.4 is 0 Å². The van der Waals surface area contributed by atoms with Crippen LogP contribution in [0.4, 0.5) is 0 Å². The van der Waals surface area contributed by atoms with Gasteiger partial charge in [-0.25, -0.2) is 4.79 Å². The fourth-order valence-electron chi connectivity index (χ4n) is 1.57. The molecule has 0 fully saturated rings. The van der Waals surface area contributed by atoms with Gasteiger partial charge in [0.15, 0.2) is 0 Å². The van der Waals surface area contributed by atoms with E-state index < -0.39 is 11.8 Å². The Morgan fingerprint density at radius 1 is 1.31 bits per heavy atom. The minimum atomic E-state index is -0.813. The number of esters is 1. The lowest BCUT2D eigenvalue weighted by atomic mass is 10.1. The Balaban J connectivity index is 2.40. The first-order valence-corrected chi connectivity index (χ1v) is 5.01. The number of para-hydroxylation sites is 1. The predicted octanol–water partition coefficient (Wildman–Crippen LogP) is 1.91. The first kappa shape index (κ1) is 10.4. The number of benzene rings is 1. The summed E-state index contributed by atoms with van der Waals surface area (Å²) in [5, 5.41) is 0.737. The van der Waals surface area contributed by atoms with Gasteiger partial charge in [-0.3, -0.25) is 4.79 Å². The molecule has 0 saturated carbocycles. The van der Waals surface area contributed by atoms with Crippen LogP contribution >= 0.6 is 0 Å². The number of carbonyl (C=O) groups excluding carboxylic acids is 2. The third-order valence-corrected chi connectivity index (χ3v) is 2.29. The maximum atomic E-state index is 11.7. The van der Waals surface area contributed by atoms with Crippen molar-refractivity contribution >= 4 is 22.7 Å². The number of hydrogen-bond acceptors (Lipinski definition) is 3. The highest BCUT2D eigenvalue weighted by Gasteiger charge is 2.20. The number of hydrogen-bond donors (Lipinski definition) is 1. The normalized spacial score (nSPS) is 10.3. The van der Waals surface area contributed by atoms with Crippen LogP contribution in [0.2, 0.25) is 0 Å². The molecule has 0 radical (unpaired) electrons. The summed E-state index contributed by atoms with van der Waals surface area (Å²) in [6, 6.07) is 7.31. The van der Waals surface area contributed by atoms with Crippen molar-refractivity contribution in [3.8, 4) is 0 Å². The van der Waals surface area contributed by atoms with Crippen molar-refractivity contribution in [1.29, 1.82) is 0 Å². The van der Waals surface area contributed by atoms with Crippen molar-refractivity contribution in [3.63, 3.8) is 0 Å². The molecule has 1 N–H and O–H groups in total. The first-order chi connectivity index (χ1) is 7.74. The summed E-state index contributed by atoms with van der Waals surface area (Å²) in [4.78, 5) is 26.0. The zero-order valence-electron chi connectivity index (χ0n) is 8.82. The number of Topliss-reactive ketones (excluding diaryl/α,β-unsaturated/α-hetero) is 1. The number of fused-ring (bicyclic) bond motifs is 1. The number of H-pyrrole nitrogens is 1. The highest BCUT2D eigenvalue weighted by atomic mass is 16.5. The molecule has 1 aromatic heterocycles. The van der Waals surface area contributed by atoms with Crippen LogP contribution in [0.1, 0.15) is 17.3 Å². The van der Waals surface area contributed by atoms with Gasteiger partial charge >= 0.3 is 5.97 Å². The van der Waals surface area contributed by atoms with E-state index in [0.29, 0.717) is 5.56 Å².